The molecule has 1 aliphatic heterocycles. The zero-order chi connectivity index (χ0) is 20.1. The number of alkyl halides is 2. The fourth-order valence-corrected chi connectivity index (χ4v) is 4.29. The predicted molar refractivity (Wildman–Crippen MR) is 104 cm³/mol. The van der Waals surface area contributed by atoms with Crippen molar-refractivity contribution in [2.24, 2.45) is 0 Å². The molecule has 7 heteroatoms. The van der Waals surface area contributed by atoms with Crippen LogP contribution in [-0.2, 0) is 0 Å². The van der Waals surface area contributed by atoms with E-state index in [1.165, 1.54) is 12.3 Å². The molecule has 1 atom stereocenters. The smallest absolute Gasteiger partial charge is 0.280 e. The highest BCUT2D eigenvalue weighted by Crippen LogP contribution is 2.40. The molecule has 1 amide bonds. The minimum Gasteiger partial charge on any atom is -0.331 e. The molecule has 0 N–H and O–H groups in total. The normalized spacial score (nSPS) is 19.4. The summed E-state index contributed by atoms with van der Waals surface area (Å²) in [6.07, 6.45) is 2.41. The maximum atomic E-state index is 13.6. The summed E-state index contributed by atoms with van der Waals surface area (Å²) < 4.78 is 28.3. The molecule has 5 rings (SSSR count). The summed E-state index contributed by atoms with van der Waals surface area (Å²) in [7, 11) is 0. The van der Waals surface area contributed by atoms with Crippen LogP contribution < -0.4 is 0 Å². The zero-order valence-electron chi connectivity index (χ0n) is 16.2. The number of fused-ring (bicyclic) bond motifs is 1. The van der Waals surface area contributed by atoms with Crippen LogP contribution in [0.25, 0.3) is 5.65 Å². The lowest BCUT2D eigenvalue weighted by molar-refractivity contribution is 0.0737. The number of benzene rings is 1. The molecule has 0 bridgehead atoms. The second kappa shape index (κ2) is 6.90. The quantitative estimate of drug-likeness (QED) is 0.635. The van der Waals surface area contributed by atoms with Crippen molar-refractivity contribution >= 4 is 11.6 Å². The van der Waals surface area contributed by atoms with Gasteiger partial charge in [-0.1, -0.05) is 29.8 Å². The first kappa shape index (κ1) is 18.2. The van der Waals surface area contributed by atoms with Crippen molar-refractivity contribution in [3.8, 4) is 0 Å². The van der Waals surface area contributed by atoms with E-state index >= 15 is 0 Å². The Hall–Kier alpha value is -2.83. The Bertz CT molecular complexity index is 1090. The standard InChI is InChI=1S/C22H22F2N4O/c1-13-4-2-5-15(10-13)18-6-3-9-27(18)22(29)16-12-25-28-19(20(23)24)11-17(14-7-8-14)26-21(16)28/h2,4-5,10-12,14,18,20H,3,6-9H2,1H3/t18-/m0/s1. The summed E-state index contributed by atoms with van der Waals surface area (Å²) >= 11 is 0. The first-order chi connectivity index (χ1) is 14.0. The predicted octanol–water partition coefficient (Wildman–Crippen LogP) is 4.83. The van der Waals surface area contributed by atoms with Crippen molar-refractivity contribution in [1.82, 2.24) is 19.5 Å². The molecule has 1 aromatic carbocycles. The zero-order valence-corrected chi connectivity index (χ0v) is 16.2. The van der Waals surface area contributed by atoms with E-state index in [0.29, 0.717) is 17.8 Å². The molecule has 3 heterocycles. The first-order valence-corrected chi connectivity index (χ1v) is 10.1. The van der Waals surface area contributed by atoms with Gasteiger partial charge >= 0.3 is 0 Å². The lowest BCUT2D eigenvalue weighted by atomic mass is 10.0. The van der Waals surface area contributed by atoms with Crippen LogP contribution in [0.15, 0.2) is 36.5 Å². The summed E-state index contributed by atoms with van der Waals surface area (Å²) in [5.74, 6) is 0.0202. The largest absolute Gasteiger partial charge is 0.331 e. The molecule has 1 aliphatic carbocycles. The summed E-state index contributed by atoms with van der Waals surface area (Å²) in [4.78, 5) is 19.8. The van der Waals surface area contributed by atoms with Gasteiger partial charge in [0.1, 0.15) is 11.3 Å². The van der Waals surface area contributed by atoms with Gasteiger partial charge in [0.05, 0.1) is 12.2 Å². The van der Waals surface area contributed by atoms with E-state index in [9.17, 15) is 13.6 Å². The lowest BCUT2D eigenvalue weighted by Crippen LogP contribution is -2.30. The number of carbonyl (C=O) groups excluding carboxylic acids is 1. The number of hydrogen-bond donors (Lipinski definition) is 0. The average molecular weight is 396 g/mol. The third-order valence-corrected chi connectivity index (χ3v) is 5.91. The maximum absolute atomic E-state index is 13.6. The van der Waals surface area contributed by atoms with Crippen LogP contribution in [0.2, 0.25) is 0 Å². The molecule has 3 aromatic rings. The molecule has 150 valence electrons. The third kappa shape index (κ3) is 3.18. The van der Waals surface area contributed by atoms with Gasteiger partial charge in [0.15, 0.2) is 5.65 Å². The lowest BCUT2D eigenvalue weighted by Gasteiger charge is -2.25. The fourth-order valence-electron chi connectivity index (χ4n) is 4.29. The number of likely N-dealkylation sites (tertiary alicyclic amines) is 1. The van der Waals surface area contributed by atoms with E-state index in [2.05, 4.69) is 16.1 Å². The topological polar surface area (TPSA) is 50.5 Å². The van der Waals surface area contributed by atoms with Gasteiger partial charge in [0.2, 0.25) is 0 Å². The Labute approximate surface area is 167 Å². The van der Waals surface area contributed by atoms with Crippen LogP contribution in [0, 0.1) is 6.92 Å². The van der Waals surface area contributed by atoms with Crippen LogP contribution in [0.3, 0.4) is 0 Å². The molecular weight excluding hydrogens is 374 g/mol. The van der Waals surface area contributed by atoms with Crippen LogP contribution in [0.1, 0.15) is 76.9 Å². The molecular formula is C22H22F2N4O. The average Bonchev–Trinajstić information content (AvgIpc) is 3.28. The number of hydrogen-bond acceptors (Lipinski definition) is 3. The molecule has 29 heavy (non-hydrogen) atoms. The van der Waals surface area contributed by atoms with Gasteiger partial charge in [-0.25, -0.2) is 18.3 Å². The second-order valence-electron chi connectivity index (χ2n) is 8.05. The molecule has 0 unspecified atom stereocenters. The van der Waals surface area contributed by atoms with Crippen LogP contribution in [-0.4, -0.2) is 31.9 Å². The number of aryl methyl sites for hydroxylation is 1. The molecule has 1 saturated heterocycles. The molecule has 0 radical (unpaired) electrons. The van der Waals surface area contributed by atoms with Crippen molar-refractivity contribution in [2.45, 2.75) is 51.0 Å². The summed E-state index contributed by atoms with van der Waals surface area (Å²) in [6.45, 7) is 2.67. The van der Waals surface area contributed by atoms with Gasteiger partial charge < -0.3 is 4.90 Å². The Morgan fingerprint density at radius 3 is 2.76 bits per heavy atom. The minimum atomic E-state index is -2.67. The van der Waals surface area contributed by atoms with Gasteiger partial charge in [-0.3, -0.25) is 4.79 Å². The number of carbonyl (C=O) groups is 1. The number of amides is 1. The number of nitrogens with zero attached hydrogens (tertiary/aromatic N) is 4. The van der Waals surface area contributed by atoms with E-state index in [1.807, 2.05) is 30.0 Å². The maximum Gasteiger partial charge on any atom is 0.280 e. The highest BCUT2D eigenvalue weighted by Gasteiger charge is 2.34. The summed E-state index contributed by atoms with van der Waals surface area (Å²) in [5.41, 5.74) is 3.23. The van der Waals surface area contributed by atoms with Gasteiger partial charge in [-0.15, -0.1) is 0 Å². The van der Waals surface area contributed by atoms with Gasteiger partial charge in [-0.2, -0.15) is 5.10 Å². The molecule has 2 fully saturated rings. The van der Waals surface area contributed by atoms with E-state index < -0.39 is 6.43 Å². The number of halogens is 2. The van der Waals surface area contributed by atoms with E-state index in [1.54, 1.807) is 0 Å². The van der Waals surface area contributed by atoms with Crippen molar-refractivity contribution in [3.05, 3.63) is 64.6 Å². The molecule has 2 aliphatic rings. The molecule has 5 nitrogen and oxygen atoms in total. The third-order valence-electron chi connectivity index (χ3n) is 5.91. The molecule has 0 spiro atoms. The summed E-state index contributed by atoms with van der Waals surface area (Å²) in [6, 6.07) is 9.59. The highest BCUT2D eigenvalue weighted by atomic mass is 19.3. The van der Waals surface area contributed by atoms with E-state index in [0.717, 1.165) is 41.3 Å². The number of rotatable bonds is 4. The Balaban J connectivity index is 1.55. The van der Waals surface area contributed by atoms with Crippen LogP contribution in [0.5, 0.6) is 0 Å². The monoisotopic (exact) mass is 396 g/mol. The van der Waals surface area contributed by atoms with Gasteiger partial charge in [0.25, 0.3) is 12.3 Å². The minimum absolute atomic E-state index is 0.0152. The Kier molecular flexibility index (Phi) is 4.33. The van der Waals surface area contributed by atoms with Crippen molar-refractivity contribution < 1.29 is 13.6 Å². The first-order valence-electron chi connectivity index (χ1n) is 10.1. The van der Waals surface area contributed by atoms with Crippen LogP contribution >= 0.6 is 0 Å². The molecule has 2 aromatic heterocycles. The fraction of sp³-hybridized carbons (Fsp3) is 0.409. The number of aromatic nitrogens is 3. The van der Waals surface area contributed by atoms with Crippen LogP contribution in [0.4, 0.5) is 8.78 Å². The van der Waals surface area contributed by atoms with Gasteiger partial charge in [-0.05, 0) is 44.2 Å². The van der Waals surface area contributed by atoms with E-state index in [-0.39, 0.29) is 29.2 Å². The molecule has 1 saturated carbocycles. The van der Waals surface area contributed by atoms with Crippen molar-refractivity contribution in [3.63, 3.8) is 0 Å². The van der Waals surface area contributed by atoms with E-state index in [4.69, 9.17) is 0 Å². The highest BCUT2D eigenvalue weighted by molar-refractivity contribution is 6.00. The SMILES string of the molecule is Cc1cccc([C@@H]2CCCN2C(=O)c2cnn3c(C(F)F)cc(C4CC4)nc23)c1. The van der Waals surface area contributed by atoms with Crippen molar-refractivity contribution in [2.75, 3.05) is 6.54 Å². The Morgan fingerprint density at radius 2 is 2.03 bits per heavy atom. The van der Waals surface area contributed by atoms with Gasteiger partial charge in [0, 0.05) is 18.2 Å². The second-order valence-corrected chi connectivity index (χ2v) is 8.05. The van der Waals surface area contributed by atoms with Crippen molar-refractivity contribution in [1.29, 1.82) is 0 Å². The Morgan fingerprint density at radius 1 is 1.21 bits per heavy atom. The summed E-state index contributed by atoms with van der Waals surface area (Å²) in [5, 5.41) is 4.09.